The van der Waals surface area contributed by atoms with Gasteiger partial charge in [0.1, 0.15) is 0 Å². The maximum absolute atomic E-state index is 11.8. The van der Waals surface area contributed by atoms with Crippen molar-refractivity contribution < 1.29 is 13.2 Å². The molecule has 0 amide bonds. The van der Waals surface area contributed by atoms with Gasteiger partial charge in [0.05, 0.1) is 22.4 Å². The number of nitrogens with two attached hydrogens (primary N) is 1. The Morgan fingerprint density at radius 2 is 2.20 bits per heavy atom. The molecular formula is C13H21N3O3S. The van der Waals surface area contributed by atoms with Crippen LogP contribution in [0.3, 0.4) is 0 Å². The summed E-state index contributed by atoms with van der Waals surface area (Å²) >= 11 is 0. The standard InChI is InChI=1S/C13H21N3O3S/c1-15-20(17,18)11-5-6-12(14)13(8-11)16-9-10-4-2-3-7-19-10/h5-6,8,10,15-16H,2-4,7,9,14H2,1H3. The van der Waals surface area contributed by atoms with Crippen LogP contribution in [-0.4, -0.2) is 34.7 Å². The average Bonchev–Trinajstić information content (AvgIpc) is 2.47. The molecule has 4 N–H and O–H groups in total. The first-order chi connectivity index (χ1) is 9.53. The second kappa shape index (κ2) is 6.43. The van der Waals surface area contributed by atoms with Crippen LogP contribution in [0.1, 0.15) is 19.3 Å². The molecule has 1 aromatic carbocycles. The van der Waals surface area contributed by atoms with E-state index < -0.39 is 10.0 Å². The van der Waals surface area contributed by atoms with Gasteiger partial charge in [0.25, 0.3) is 0 Å². The molecule has 20 heavy (non-hydrogen) atoms. The van der Waals surface area contributed by atoms with E-state index in [9.17, 15) is 8.42 Å². The zero-order chi connectivity index (χ0) is 14.6. The van der Waals surface area contributed by atoms with E-state index in [1.54, 1.807) is 12.1 Å². The Bertz CT molecular complexity index is 554. The third-order valence-corrected chi connectivity index (χ3v) is 4.81. The van der Waals surface area contributed by atoms with Crippen molar-refractivity contribution >= 4 is 21.4 Å². The van der Waals surface area contributed by atoms with Crippen molar-refractivity contribution in [2.45, 2.75) is 30.3 Å². The molecule has 1 aromatic rings. The third-order valence-electron chi connectivity index (χ3n) is 3.40. The Hall–Kier alpha value is -1.31. The summed E-state index contributed by atoms with van der Waals surface area (Å²) in [7, 11) is -2.07. The number of hydrogen-bond acceptors (Lipinski definition) is 5. The van der Waals surface area contributed by atoms with Crippen molar-refractivity contribution in [1.82, 2.24) is 4.72 Å². The minimum absolute atomic E-state index is 0.160. The van der Waals surface area contributed by atoms with Gasteiger partial charge in [-0.05, 0) is 44.5 Å². The summed E-state index contributed by atoms with van der Waals surface area (Å²) in [5, 5.41) is 3.18. The second-order valence-corrected chi connectivity index (χ2v) is 6.71. The summed E-state index contributed by atoms with van der Waals surface area (Å²) in [6.45, 7) is 1.42. The minimum Gasteiger partial charge on any atom is -0.397 e. The smallest absolute Gasteiger partial charge is 0.240 e. The van der Waals surface area contributed by atoms with Crippen molar-refractivity contribution in [3.63, 3.8) is 0 Å². The molecule has 112 valence electrons. The van der Waals surface area contributed by atoms with Gasteiger partial charge in [-0.3, -0.25) is 0 Å². The first kappa shape index (κ1) is 15.1. The Morgan fingerprint density at radius 3 is 2.85 bits per heavy atom. The molecule has 0 radical (unpaired) electrons. The van der Waals surface area contributed by atoms with Crippen LogP contribution in [0.2, 0.25) is 0 Å². The largest absolute Gasteiger partial charge is 0.397 e. The van der Waals surface area contributed by atoms with Crippen LogP contribution >= 0.6 is 0 Å². The van der Waals surface area contributed by atoms with Crippen LogP contribution < -0.4 is 15.8 Å². The monoisotopic (exact) mass is 299 g/mol. The van der Waals surface area contributed by atoms with Gasteiger partial charge in [-0.25, -0.2) is 13.1 Å². The molecule has 1 fully saturated rings. The number of nitrogen functional groups attached to an aromatic ring is 1. The van der Waals surface area contributed by atoms with Crippen LogP contribution in [-0.2, 0) is 14.8 Å². The molecule has 1 unspecified atom stereocenters. The average molecular weight is 299 g/mol. The predicted octanol–water partition coefficient (Wildman–Crippen LogP) is 1.16. The van der Waals surface area contributed by atoms with Gasteiger partial charge in [-0.2, -0.15) is 0 Å². The van der Waals surface area contributed by atoms with Crippen molar-refractivity contribution in [1.29, 1.82) is 0 Å². The van der Waals surface area contributed by atoms with E-state index in [0.717, 1.165) is 25.9 Å². The number of hydrogen-bond donors (Lipinski definition) is 3. The van der Waals surface area contributed by atoms with Gasteiger partial charge >= 0.3 is 0 Å². The van der Waals surface area contributed by atoms with Crippen molar-refractivity contribution in [3.05, 3.63) is 18.2 Å². The molecule has 0 bridgehead atoms. The van der Waals surface area contributed by atoms with Crippen LogP contribution in [0.4, 0.5) is 11.4 Å². The van der Waals surface area contributed by atoms with Crippen molar-refractivity contribution in [2.75, 3.05) is 31.2 Å². The molecule has 0 aliphatic carbocycles. The van der Waals surface area contributed by atoms with Crippen LogP contribution in [0, 0.1) is 0 Å². The van der Waals surface area contributed by atoms with E-state index in [1.165, 1.54) is 13.1 Å². The van der Waals surface area contributed by atoms with E-state index in [-0.39, 0.29) is 11.0 Å². The number of ether oxygens (including phenoxy) is 1. The Labute approximate surface area is 119 Å². The summed E-state index contributed by atoms with van der Waals surface area (Å²) in [5.74, 6) is 0. The fourth-order valence-electron chi connectivity index (χ4n) is 2.17. The summed E-state index contributed by atoms with van der Waals surface area (Å²) in [6.07, 6.45) is 3.44. The zero-order valence-electron chi connectivity index (χ0n) is 11.6. The molecule has 1 aliphatic rings. The lowest BCUT2D eigenvalue weighted by molar-refractivity contribution is 0.0248. The fraction of sp³-hybridized carbons (Fsp3) is 0.538. The van der Waals surface area contributed by atoms with Crippen molar-refractivity contribution in [2.24, 2.45) is 0 Å². The van der Waals surface area contributed by atoms with E-state index in [2.05, 4.69) is 10.0 Å². The lowest BCUT2D eigenvalue weighted by Crippen LogP contribution is -2.27. The summed E-state index contributed by atoms with van der Waals surface area (Å²) in [6, 6.07) is 4.63. The van der Waals surface area contributed by atoms with Gasteiger partial charge in [-0.15, -0.1) is 0 Å². The highest BCUT2D eigenvalue weighted by atomic mass is 32.2. The molecule has 1 atom stereocenters. The lowest BCUT2D eigenvalue weighted by atomic mass is 10.1. The molecule has 0 aromatic heterocycles. The molecule has 0 saturated carbocycles. The Morgan fingerprint density at radius 1 is 1.40 bits per heavy atom. The molecule has 2 rings (SSSR count). The van der Waals surface area contributed by atoms with E-state index >= 15 is 0 Å². The number of sulfonamides is 1. The lowest BCUT2D eigenvalue weighted by Gasteiger charge is -2.23. The van der Waals surface area contributed by atoms with E-state index in [0.29, 0.717) is 17.9 Å². The summed E-state index contributed by atoms with van der Waals surface area (Å²) < 4.78 is 31.4. The highest BCUT2D eigenvalue weighted by molar-refractivity contribution is 7.89. The highest BCUT2D eigenvalue weighted by Gasteiger charge is 2.16. The molecule has 1 heterocycles. The fourth-order valence-corrected chi connectivity index (χ4v) is 2.92. The zero-order valence-corrected chi connectivity index (χ0v) is 12.4. The number of benzene rings is 1. The van der Waals surface area contributed by atoms with Crippen LogP contribution in [0.15, 0.2) is 23.1 Å². The molecule has 0 spiro atoms. The minimum atomic E-state index is -3.46. The van der Waals surface area contributed by atoms with Gasteiger partial charge in [-0.1, -0.05) is 0 Å². The third kappa shape index (κ3) is 3.62. The maximum Gasteiger partial charge on any atom is 0.240 e. The van der Waals surface area contributed by atoms with Crippen molar-refractivity contribution in [3.8, 4) is 0 Å². The van der Waals surface area contributed by atoms with Gasteiger partial charge < -0.3 is 15.8 Å². The summed E-state index contributed by atoms with van der Waals surface area (Å²) in [4.78, 5) is 0.196. The molecule has 1 aliphatic heterocycles. The first-order valence-electron chi connectivity index (χ1n) is 6.71. The maximum atomic E-state index is 11.8. The predicted molar refractivity (Wildman–Crippen MR) is 79.2 cm³/mol. The highest BCUT2D eigenvalue weighted by Crippen LogP contribution is 2.23. The van der Waals surface area contributed by atoms with Gasteiger partial charge in [0, 0.05) is 13.2 Å². The first-order valence-corrected chi connectivity index (χ1v) is 8.20. The molecule has 6 nitrogen and oxygen atoms in total. The second-order valence-electron chi connectivity index (χ2n) is 4.83. The normalized spacial score (nSPS) is 19.8. The van der Waals surface area contributed by atoms with E-state index in [1.807, 2.05) is 0 Å². The van der Waals surface area contributed by atoms with E-state index in [4.69, 9.17) is 10.5 Å². The molecule has 7 heteroatoms. The van der Waals surface area contributed by atoms with Gasteiger partial charge in [0.15, 0.2) is 0 Å². The van der Waals surface area contributed by atoms with Crippen LogP contribution in [0.5, 0.6) is 0 Å². The SMILES string of the molecule is CNS(=O)(=O)c1ccc(N)c(NCC2CCCCO2)c1. The van der Waals surface area contributed by atoms with Gasteiger partial charge in [0.2, 0.25) is 10.0 Å². The number of rotatable bonds is 5. The number of nitrogens with one attached hydrogen (secondary N) is 2. The topological polar surface area (TPSA) is 93.5 Å². The number of anilines is 2. The molecular weight excluding hydrogens is 278 g/mol. The Kier molecular flexibility index (Phi) is 4.85. The summed E-state index contributed by atoms with van der Waals surface area (Å²) in [5.41, 5.74) is 7.02. The quantitative estimate of drug-likeness (QED) is 0.709. The molecule has 1 saturated heterocycles. The van der Waals surface area contributed by atoms with Crippen LogP contribution in [0.25, 0.3) is 0 Å². The Balaban J connectivity index is 2.08.